The van der Waals surface area contributed by atoms with Crippen molar-refractivity contribution >= 4 is 35.1 Å². The molecular weight excluding hydrogens is 346 g/mol. The highest BCUT2D eigenvalue weighted by atomic mass is 35.5. The Morgan fingerprint density at radius 2 is 1.57 bits per heavy atom. The molecule has 2 rings (SSSR count). The molecule has 0 saturated carbocycles. The van der Waals surface area contributed by atoms with Crippen molar-refractivity contribution in [1.29, 1.82) is 0 Å². The van der Waals surface area contributed by atoms with E-state index in [2.05, 4.69) is 0 Å². The number of ether oxygens (including phenoxy) is 1. The molecule has 0 atom stereocenters. The van der Waals surface area contributed by atoms with Gasteiger partial charge < -0.3 is 4.74 Å². The van der Waals surface area contributed by atoms with Gasteiger partial charge in [0.05, 0.1) is 5.56 Å². The van der Waals surface area contributed by atoms with Crippen molar-refractivity contribution in [1.82, 2.24) is 0 Å². The van der Waals surface area contributed by atoms with Crippen LogP contribution in [0.15, 0.2) is 53.4 Å². The molecule has 0 amide bonds. The third-order valence-electron chi connectivity index (χ3n) is 2.82. The number of benzene rings is 2. The number of hydrogen-bond acceptors (Lipinski definition) is 4. The number of alkyl halides is 2. The number of hydrogen-bond donors (Lipinski definition) is 0. The Balaban J connectivity index is 1.91. The molecule has 0 fully saturated rings. The van der Waals surface area contributed by atoms with Crippen LogP contribution in [0.4, 0.5) is 8.78 Å². The van der Waals surface area contributed by atoms with Crippen LogP contribution in [0.5, 0.6) is 0 Å². The summed E-state index contributed by atoms with van der Waals surface area (Å²) < 4.78 is 29.3. The van der Waals surface area contributed by atoms with E-state index < -0.39 is 18.3 Å². The third kappa shape index (κ3) is 5.33. The number of ketones is 1. The highest BCUT2D eigenvalue weighted by Crippen LogP contribution is 2.25. The molecular formula is C16H11ClF2O3S. The number of thioether (sulfide) groups is 1. The van der Waals surface area contributed by atoms with Gasteiger partial charge in [0.1, 0.15) is 0 Å². The molecule has 0 aromatic heterocycles. The fourth-order valence-electron chi connectivity index (χ4n) is 1.71. The summed E-state index contributed by atoms with van der Waals surface area (Å²) >= 11 is 6.11. The summed E-state index contributed by atoms with van der Waals surface area (Å²) in [6, 6.07) is 11.7. The predicted octanol–water partition coefficient (Wildman–Crippen LogP) is 4.69. The first kappa shape index (κ1) is 17.4. The largest absolute Gasteiger partial charge is 0.454 e. The topological polar surface area (TPSA) is 43.4 Å². The van der Waals surface area contributed by atoms with Crippen LogP contribution in [0.2, 0.25) is 5.02 Å². The van der Waals surface area contributed by atoms with E-state index in [1.165, 1.54) is 36.4 Å². The molecule has 2 aromatic rings. The van der Waals surface area contributed by atoms with Gasteiger partial charge in [-0.2, -0.15) is 8.78 Å². The van der Waals surface area contributed by atoms with Crippen molar-refractivity contribution < 1.29 is 23.1 Å². The fraction of sp³-hybridized carbons (Fsp3) is 0.125. The van der Waals surface area contributed by atoms with E-state index in [1.807, 2.05) is 0 Å². The van der Waals surface area contributed by atoms with E-state index in [-0.39, 0.29) is 11.3 Å². The molecule has 0 aliphatic rings. The van der Waals surface area contributed by atoms with E-state index in [0.29, 0.717) is 27.2 Å². The van der Waals surface area contributed by atoms with Gasteiger partial charge in [0.15, 0.2) is 12.4 Å². The average molecular weight is 357 g/mol. The van der Waals surface area contributed by atoms with Crippen molar-refractivity contribution in [3.63, 3.8) is 0 Å². The summed E-state index contributed by atoms with van der Waals surface area (Å²) in [5, 5.41) is 0.500. The van der Waals surface area contributed by atoms with E-state index in [4.69, 9.17) is 16.3 Å². The van der Waals surface area contributed by atoms with Gasteiger partial charge in [0.2, 0.25) is 0 Å². The van der Waals surface area contributed by atoms with Crippen LogP contribution in [-0.2, 0) is 4.74 Å². The maximum Gasteiger partial charge on any atom is 0.338 e. The maximum atomic E-state index is 12.2. The van der Waals surface area contributed by atoms with Gasteiger partial charge in [0, 0.05) is 15.5 Å². The van der Waals surface area contributed by atoms with Crippen LogP contribution < -0.4 is 0 Å². The third-order valence-corrected chi connectivity index (χ3v) is 3.79. The summed E-state index contributed by atoms with van der Waals surface area (Å²) in [4.78, 5) is 24.0. The van der Waals surface area contributed by atoms with Crippen molar-refractivity contribution in [2.45, 2.75) is 10.7 Å². The first-order valence-electron chi connectivity index (χ1n) is 6.46. The van der Waals surface area contributed by atoms with Gasteiger partial charge in [-0.1, -0.05) is 23.4 Å². The molecule has 0 aliphatic carbocycles. The minimum atomic E-state index is -2.52. The van der Waals surface area contributed by atoms with Gasteiger partial charge in [-0.05, 0) is 48.5 Å². The highest BCUT2D eigenvalue weighted by molar-refractivity contribution is 7.99. The highest BCUT2D eigenvalue weighted by Gasteiger charge is 2.12. The number of halogens is 3. The van der Waals surface area contributed by atoms with Crippen LogP contribution in [0.3, 0.4) is 0 Å². The molecule has 3 nitrogen and oxygen atoms in total. The summed E-state index contributed by atoms with van der Waals surface area (Å²) in [5.74, 6) is -3.58. The molecule has 0 saturated heterocycles. The van der Waals surface area contributed by atoms with Crippen molar-refractivity contribution in [2.24, 2.45) is 0 Å². The summed E-state index contributed by atoms with van der Waals surface area (Å²) in [6.45, 7) is -0.409. The molecule has 0 bridgehead atoms. The standard InChI is InChI=1S/C16H11ClF2O3S/c17-12-5-1-10(2-6-12)14(20)9-22-15(21)11-3-7-13(8-4-11)23-16(18)19/h1-8,16H,9H2. The van der Waals surface area contributed by atoms with E-state index in [1.54, 1.807) is 12.1 Å². The second-order valence-electron chi connectivity index (χ2n) is 4.41. The summed E-state index contributed by atoms with van der Waals surface area (Å²) in [7, 11) is 0. The zero-order valence-electron chi connectivity index (χ0n) is 11.7. The van der Waals surface area contributed by atoms with E-state index in [0.717, 1.165) is 0 Å². The molecule has 120 valence electrons. The Hall–Kier alpha value is -1.92. The first-order valence-corrected chi connectivity index (χ1v) is 7.72. The SMILES string of the molecule is O=C(COC(=O)c1ccc(SC(F)F)cc1)c1ccc(Cl)cc1. The lowest BCUT2D eigenvalue weighted by molar-refractivity contribution is 0.0474. The molecule has 7 heteroatoms. The molecule has 0 unspecified atom stereocenters. The second kappa shape index (κ2) is 8.08. The van der Waals surface area contributed by atoms with Gasteiger partial charge in [-0.25, -0.2) is 4.79 Å². The lowest BCUT2D eigenvalue weighted by atomic mass is 10.1. The smallest absolute Gasteiger partial charge is 0.338 e. The van der Waals surface area contributed by atoms with E-state index in [9.17, 15) is 18.4 Å². The molecule has 0 radical (unpaired) electrons. The Labute approximate surface area is 140 Å². The second-order valence-corrected chi connectivity index (χ2v) is 5.91. The number of Topliss-reactive ketones (excluding diaryl/α,β-unsaturated/α-hetero) is 1. The predicted molar refractivity (Wildman–Crippen MR) is 84.4 cm³/mol. The van der Waals surface area contributed by atoms with Crippen molar-refractivity contribution in [3.05, 3.63) is 64.7 Å². The minimum absolute atomic E-state index is 0.188. The summed E-state index contributed by atoms with van der Waals surface area (Å²) in [5.41, 5.74) is 0.568. The van der Waals surface area contributed by atoms with E-state index >= 15 is 0 Å². The Bertz CT molecular complexity index is 687. The Morgan fingerprint density at radius 1 is 1.00 bits per heavy atom. The van der Waals surface area contributed by atoms with Gasteiger partial charge >= 0.3 is 5.97 Å². The average Bonchev–Trinajstić information content (AvgIpc) is 2.53. The number of carbonyl (C=O) groups is 2. The first-order chi connectivity index (χ1) is 11.0. The van der Waals surface area contributed by atoms with Gasteiger partial charge in [-0.15, -0.1) is 0 Å². The normalized spacial score (nSPS) is 10.6. The molecule has 2 aromatic carbocycles. The number of carbonyl (C=O) groups excluding carboxylic acids is 2. The zero-order valence-corrected chi connectivity index (χ0v) is 13.2. The van der Waals surface area contributed by atoms with Gasteiger partial charge in [-0.3, -0.25) is 4.79 Å². The molecule has 0 spiro atoms. The summed E-state index contributed by atoms with van der Waals surface area (Å²) in [6.07, 6.45) is 0. The van der Waals surface area contributed by atoms with Crippen molar-refractivity contribution in [3.8, 4) is 0 Å². The van der Waals surface area contributed by atoms with Crippen LogP contribution in [0.25, 0.3) is 0 Å². The van der Waals surface area contributed by atoms with Gasteiger partial charge in [0.25, 0.3) is 5.76 Å². The monoisotopic (exact) mass is 356 g/mol. The van der Waals surface area contributed by atoms with Crippen LogP contribution in [0.1, 0.15) is 20.7 Å². The number of esters is 1. The molecule has 0 aliphatic heterocycles. The lowest BCUT2D eigenvalue weighted by Crippen LogP contribution is -2.14. The van der Waals surface area contributed by atoms with Crippen molar-refractivity contribution in [2.75, 3.05) is 6.61 Å². The number of rotatable bonds is 6. The van der Waals surface area contributed by atoms with Crippen LogP contribution in [-0.4, -0.2) is 24.1 Å². The maximum absolute atomic E-state index is 12.2. The van der Waals surface area contributed by atoms with Crippen LogP contribution in [0, 0.1) is 0 Å². The Morgan fingerprint density at radius 3 is 2.13 bits per heavy atom. The Kier molecular flexibility index (Phi) is 6.12. The zero-order chi connectivity index (χ0) is 16.8. The molecule has 0 heterocycles. The lowest BCUT2D eigenvalue weighted by Gasteiger charge is -2.05. The quantitative estimate of drug-likeness (QED) is 0.427. The fourth-order valence-corrected chi connectivity index (χ4v) is 2.33. The van der Waals surface area contributed by atoms with Crippen LogP contribution >= 0.6 is 23.4 Å². The molecule has 0 N–H and O–H groups in total. The minimum Gasteiger partial charge on any atom is -0.454 e. The molecule has 23 heavy (non-hydrogen) atoms.